The minimum Gasteiger partial charge on any atom is -0.493 e. The van der Waals surface area contributed by atoms with E-state index in [-0.39, 0.29) is 5.92 Å². The normalized spacial score (nSPS) is 15.8. The lowest BCUT2D eigenvalue weighted by Crippen LogP contribution is -2.25. The molecule has 3 atom stereocenters. The number of benzene rings is 1. The molecular weight excluding hydrogens is 264 g/mol. The zero-order valence-electron chi connectivity index (χ0n) is 14.0. The number of ether oxygens (including phenoxy) is 1. The van der Waals surface area contributed by atoms with Gasteiger partial charge in [0, 0.05) is 0 Å². The minimum absolute atomic E-state index is 0.258. The highest BCUT2D eigenvalue weighted by molar-refractivity contribution is 5.37. The van der Waals surface area contributed by atoms with Crippen molar-refractivity contribution in [2.24, 2.45) is 5.92 Å². The van der Waals surface area contributed by atoms with Crippen molar-refractivity contribution in [1.29, 1.82) is 0 Å². The third kappa shape index (κ3) is 5.68. The van der Waals surface area contributed by atoms with Crippen molar-refractivity contribution in [1.82, 2.24) is 0 Å². The Labute approximate surface area is 129 Å². The zero-order valence-corrected chi connectivity index (χ0v) is 14.0. The first-order chi connectivity index (χ1) is 9.85. The summed E-state index contributed by atoms with van der Waals surface area (Å²) in [4.78, 5) is 0. The topological polar surface area (TPSA) is 49.7 Å². The van der Waals surface area contributed by atoms with Gasteiger partial charge in [-0.05, 0) is 61.8 Å². The van der Waals surface area contributed by atoms with E-state index in [9.17, 15) is 10.2 Å². The Morgan fingerprint density at radius 2 is 1.81 bits per heavy atom. The first kappa shape index (κ1) is 18.0. The van der Waals surface area contributed by atoms with E-state index in [2.05, 4.69) is 39.8 Å². The second kappa shape index (κ2) is 8.40. The summed E-state index contributed by atoms with van der Waals surface area (Å²) in [7, 11) is 0. The Morgan fingerprint density at radius 1 is 1.14 bits per heavy atom. The Kier molecular flexibility index (Phi) is 7.20. The van der Waals surface area contributed by atoms with Crippen molar-refractivity contribution in [3.05, 3.63) is 29.3 Å². The van der Waals surface area contributed by atoms with Crippen LogP contribution in [0.5, 0.6) is 5.75 Å². The first-order valence-electron chi connectivity index (χ1n) is 7.94. The molecule has 2 N–H and O–H groups in total. The molecule has 0 bridgehead atoms. The molecule has 3 heteroatoms. The molecule has 1 aromatic carbocycles. The standard InChI is InChI=1S/C18H30O3/c1-6-15(10-18(20)14(5)19)17-8-7-16(9-13(17)4)21-11-12(2)3/h7-9,12,14-15,18-20H,6,10-11H2,1-5H3. The second-order valence-electron chi connectivity index (χ2n) is 6.37. The van der Waals surface area contributed by atoms with Gasteiger partial charge in [-0.25, -0.2) is 0 Å². The third-order valence-electron chi connectivity index (χ3n) is 3.84. The van der Waals surface area contributed by atoms with Gasteiger partial charge in [-0.2, -0.15) is 0 Å². The molecule has 21 heavy (non-hydrogen) atoms. The predicted molar refractivity (Wildman–Crippen MR) is 86.8 cm³/mol. The van der Waals surface area contributed by atoms with E-state index in [0.29, 0.717) is 12.3 Å². The monoisotopic (exact) mass is 294 g/mol. The van der Waals surface area contributed by atoms with E-state index < -0.39 is 12.2 Å². The number of aliphatic hydroxyl groups excluding tert-OH is 2. The van der Waals surface area contributed by atoms with E-state index in [0.717, 1.165) is 18.8 Å². The van der Waals surface area contributed by atoms with Crippen LogP contribution in [0.3, 0.4) is 0 Å². The van der Waals surface area contributed by atoms with Gasteiger partial charge in [-0.3, -0.25) is 0 Å². The molecule has 3 nitrogen and oxygen atoms in total. The van der Waals surface area contributed by atoms with Crippen molar-refractivity contribution in [3.63, 3.8) is 0 Å². The Balaban J connectivity index is 2.81. The maximum Gasteiger partial charge on any atom is 0.119 e. The molecule has 1 aromatic rings. The van der Waals surface area contributed by atoms with Crippen LogP contribution in [-0.2, 0) is 0 Å². The summed E-state index contributed by atoms with van der Waals surface area (Å²) in [5.74, 6) is 1.67. The molecule has 0 saturated carbocycles. The van der Waals surface area contributed by atoms with Gasteiger partial charge in [0.05, 0.1) is 18.8 Å². The van der Waals surface area contributed by atoms with Crippen molar-refractivity contribution in [3.8, 4) is 5.75 Å². The van der Waals surface area contributed by atoms with E-state index >= 15 is 0 Å². The molecule has 0 spiro atoms. The van der Waals surface area contributed by atoms with Crippen LogP contribution in [-0.4, -0.2) is 29.0 Å². The molecule has 0 amide bonds. The molecule has 0 radical (unpaired) electrons. The summed E-state index contributed by atoms with van der Waals surface area (Å²) in [6, 6.07) is 6.16. The van der Waals surface area contributed by atoms with Gasteiger partial charge in [-0.1, -0.05) is 26.8 Å². The zero-order chi connectivity index (χ0) is 16.0. The first-order valence-corrected chi connectivity index (χ1v) is 7.94. The Morgan fingerprint density at radius 3 is 2.29 bits per heavy atom. The molecule has 0 fully saturated rings. The lowest BCUT2D eigenvalue weighted by molar-refractivity contribution is 0.0214. The fourth-order valence-corrected chi connectivity index (χ4v) is 2.46. The van der Waals surface area contributed by atoms with Gasteiger partial charge in [-0.15, -0.1) is 0 Å². The highest BCUT2D eigenvalue weighted by atomic mass is 16.5. The number of hydrogen-bond donors (Lipinski definition) is 2. The van der Waals surface area contributed by atoms with Crippen molar-refractivity contribution in [2.45, 2.75) is 65.6 Å². The van der Waals surface area contributed by atoms with Crippen molar-refractivity contribution < 1.29 is 14.9 Å². The minimum atomic E-state index is -0.687. The van der Waals surface area contributed by atoms with Gasteiger partial charge >= 0.3 is 0 Å². The molecular formula is C18H30O3. The third-order valence-corrected chi connectivity index (χ3v) is 3.84. The van der Waals surface area contributed by atoms with Gasteiger partial charge in [0.25, 0.3) is 0 Å². The molecule has 0 saturated heterocycles. The van der Waals surface area contributed by atoms with Gasteiger partial charge in [0.2, 0.25) is 0 Å². The summed E-state index contributed by atoms with van der Waals surface area (Å²) in [6.45, 7) is 10.8. The quantitative estimate of drug-likeness (QED) is 0.769. The Bertz CT molecular complexity index is 426. The molecule has 0 heterocycles. The molecule has 1 rings (SSSR count). The predicted octanol–water partition coefficient (Wildman–Crippen LogP) is 3.66. The number of hydrogen-bond acceptors (Lipinski definition) is 3. The van der Waals surface area contributed by atoms with E-state index in [1.807, 2.05) is 6.07 Å². The summed E-state index contributed by atoms with van der Waals surface area (Å²) in [5, 5.41) is 19.4. The van der Waals surface area contributed by atoms with Gasteiger partial charge < -0.3 is 14.9 Å². The number of rotatable bonds is 8. The molecule has 0 aromatic heterocycles. The van der Waals surface area contributed by atoms with Crippen LogP contribution in [0, 0.1) is 12.8 Å². The maximum atomic E-state index is 9.91. The van der Waals surface area contributed by atoms with Crippen LogP contribution < -0.4 is 4.74 Å². The second-order valence-corrected chi connectivity index (χ2v) is 6.37. The van der Waals surface area contributed by atoms with E-state index in [4.69, 9.17) is 4.74 Å². The van der Waals surface area contributed by atoms with Crippen LogP contribution in [0.15, 0.2) is 18.2 Å². The summed E-state index contributed by atoms with van der Waals surface area (Å²) in [5.41, 5.74) is 2.41. The SMILES string of the molecule is CCC(CC(O)C(C)O)c1ccc(OCC(C)C)cc1C. The van der Waals surface area contributed by atoms with E-state index in [1.54, 1.807) is 6.92 Å². The maximum absolute atomic E-state index is 9.91. The van der Waals surface area contributed by atoms with Crippen LogP contribution in [0.4, 0.5) is 0 Å². The fraction of sp³-hybridized carbons (Fsp3) is 0.667. The average Bonchev–Trinajstić information content (AvgIpc) is 2.42. The van der Waals surface area contributed by atoms with Crippen LogP contribution in [0.25, 0.3) is 0 Å². The fourth-order valence-electron chi connectivity index (χ4n) is 2.46. The number of aryl methyl sites for hydroxylation is 1. The summed E-state index contributed by atoms with van der Waals surface area (Å²) in [6.07, 6.45) is 0.164. The largest absolute Gasteiger partial charge is 0.493 e. The smallest absolute Gasteiger partial charge is 0.119 e. The van der Waals surface area contributed by atoms with Gasteiger partial charge in [0.1, 0.15) is 5.75 Å². The van der Waals surface area contributed by atoms with Gasteiger partial charge in [0.15, 0.2) is 0 Å². The highest BCUT2D eigenvalue weighted by Crippen LogP contribution is 2.30. The Hall–Kier alpha value is -1.06. The van der Waals surface area contributed by atoms with Crippen molar-refractivity contribution in [2.75, 3.05) is 6.61 Å². The van der Waals surface area contributed by atoms with Crippen LogP contribution in [0.1, 0.15) is 57.6 Å². The highest BCUT2D eigenvalue weighted by Gasteiger charge is 2.20. The lowest BCUT2D eigenvalue weighted by atomic mass is 9.87. The van der Waals surface area contributed by atoms with E-state index in [1.165, 1.54) is 11.1 Å². The molecule has 0 aliphatic heterocycles. The van der Waals surface area contributed by atoms with Crippen molar-refractivity contribution >= 4 is 0 Å². The van der Waals surface area contributed by atoms with Crippen LogP contribution >= 0.6 is 0 Å². The average molecular weight is 294 g/mol. The molecule has 120 valence electrons. The van der Waals surface area contributed by atoms with Crippen LogP contribution in [0.2, 0.25) is 0 Å². The summed E-state index contributed by atoms with van der Waals surface area (Å²) >= 11 is 0. The lowest BCUT2D eigenvalue weighted by Gasteiger charge is -2.23. The summed E-state index contributed by atoms with van der Waals surface area (Å²) < 4.78 is 5.75. The molecule has 0 aliphatic rings. The number of aliphatic hydroxyl groups is 2. The molecule has 0 aliphatic carbocycles. The molecule has 3 unspecified atom stereocenters.